The Kier molecular flexibility index (Phi) is 7.70. The number of ether oxygens (including phenoxy) is 2. The van der Waals surface area contributed by atoms with Crippen molar-refractivity contribution in [3.63, 3.8) is 0 Å². The normalized spacial score (nSPS) is 11.7. The van der Waals surface area contributed by atoms with Crippen LogP contribution in [0.3, 0.4) is 0 Å². The molecule has 4 rings (SSSR count). The van der Waals surface area contributed by atoms with Crippen LogP contribution in [0.2, 0.25) is 0 Å². The monoisotopic (exact) mass is 540 g/mol. The fourth-order valence-electron chi connectivity index (χ4n) is 3.39. The Morgan fingerprint density at radius 2 is 0.730 bits per heavy atom. The number of aromatic hydroxyl groups is 2. The van der Waals surface area contributed by atoms with Crippen molar-refractivity contribution in [2.24, 2.45) is 0 Å². The molecule has 0 aliphatic heterocycles. The van der Waals surface area contributed by atoms with Crippen molar-refractivity contribution in [1.82, 2.24) is 0 Å². The molecule has 4 aromatic rings. The summed E-state index contributed by atoms with van der Waals surface area (Å²) in [5, 5.41) is 18.7. The molecule has 0 aromatic heterocycles. The first kappa shape index (κ1) is 26.1. The molecule has 0 aliphatic carbocycles. The minimum atomic E-state index is -3.70. The maximum absolute atomic E-state index is 12.7. The lowest BCUT2D eigenvalue weighted by molar-refractivity contribution is 0.247. The molecule has 0 saturated heterocycles. The summed E-state index contributed by atoms with van der Waals surface area (Å²) < 4.78 is 62.0. The molecular weight excluding hydrogens is 516 g/mol. The molecule has 0 bridgehead atoms. The van der Waals surface area contributed by atoms with Gasteiger partial charge in [0, 0.05) is 6.42 Å². The number of sulfone groups is 2. The van der Waals surface area contributed by atoms with Crippen molar-refractivity contribution in [1.29, 1.82) is 0 Å². The van der Waals surface area contributed by atoms with Gasteiger partial charge in [-0.2, -0.15) is 0 Å². The predicted molar refractivity (Wildman–Crippen MR) is 136 cm³/mol. The number of hydrogen-bond acceptors (Lipinski definition) is 8. The molecule has 2 N–H and O–H groups in total. The van der Waals surface area contributed by atoms with Crippen LogP contribution in [0.4, 0.5) is 0 Å². The Balaban J connectivity index is 1.25. The topological polar surface area (TPSA) is 127 Å². The van der Waals surface area contributed by atoms with Crippen molar-refractivity contribution in [2.75, 3.05) is 13.2 Å². The highest BCUT2D eigenvalue weighted by molar-refractivity contribution is 7.91. The van der Waals surface area contributed by atoms with E-state index in [1.807, 2.05) is 0 Å². The van der Waals surface area contributed by atoms with Crippen molar-refractivity contribution >= 4 is 19.7 Å². The third-order valence-electron chi connectivity index (χ3n) is 5.39. The van der Waals surface area contributed by atoms with Gasteiger partial charge < -0.3 is 19.7 Å². The summed E-state index contributed by atoms with van der Waals surface area (Å²) in [5.41, 5.74) is 0. The second-order valence-corrected chi connectivity index (χ2v) is 11.9. The lowest BCUT2D eigenvalue weighted by Gasteiger charge is -2.10. The van der Waals surface area contributed by atoms with Gasteiger partial charge >= 0.3 is 0 Å². The molecule has 0 atom stereocenters. The molecule has 0 spiro atoms. The molecule has 37 heavy (non-hydrogen) atoms. The predicted octanol–water partition coefficient (Wildman–Crippen LogP) is 4.61. The molecule has 4 aromatic carbocycles. The summed E-state index contributed by atoms with van der Waals surface area (Å²) in [6.45, 7) is 0.661. The van der Waals surface area contributed by atoms with Crippen molar-refractivity contribution < 1.29 is 36.5 Å². The minimum Gasteiger partial charge on any atom is -0.508 e. The van der Waals surface area contributed by atoms with E-state index in [9.17, 15) is 27.0 Å². The number of phenols is 2. The van der Waals surface area contributed by atoms with Gasteiger partial charge in [0.25, 0.3) is 0 Å². The van der Waals surface area contributed by atoms with Crippen LogP contribution >= 0.6 is 0 Å². The van der Waals surface area contributed by atoms with E-state index in [1.165, 1.54) is 72.8 Å². The Bertz CT molecular complexity index is 1420. The zero-order valence-corrected chi connectivity index (χ0v) is 21.2. The van der Waals surface area contributed by atoms with Crippen LogP contribution in [0.25, 0.3) is 0 Å². The molecule has 0 aliphatic rings. The highest BCUT2D eigenvalue weighted by Crippen LogP contribution is 2.26. The van der Waals surface area contributed by atoms with Crippen LogP contribution in [0.15, 0.2) is 117 Å². The fourth-order valence-corrected chi connectivity index (χ4v) is 5.91. The quantitative estimate of drug-likeness (QED) is 0.279. The molecule has 0 unspecified atom stereocenters. The molecule has 0 fully saturated rings. The van der Waals surface area contributed by atoms with E-state index in [2.05, 4.69) is 0 Å². The van der Waals surface area contributed by atoms with E-state index >= 15 is 0 Å². The summed E-state index contributed by atoms with van der Waals surface area (Å²) in [5.74, 6) is 0.992. The first-order valence-electron chi connectivity index (χ1n) is 11.2. The van der Waals surface area contributed by atoms with Gasteiger partial charge in [0.15, 0.2) is 0 Å². The molecule has 0 heterocycles. The highest BCUT2D eigenvalue weighted by atomic mass is 32.2. The number of rotatable bonds is 10. The van der Waals surface area contributed by atoms with E-state index in [4.69, 9.17) is 9.47 Å². The van der Waals surface area contributed by atoms with Gasteiger partial charge in [-0.25, -0.2) is 16.8 Å². The van der Waals surface area contributed by atoms with Gasteiger partial charge in [0.1, 0.15) is 23.0 Å². The average Bonchev–Trinajstić information content (AvgIpc) is 2.89. The average molecular weight is 541 g/mol. The lowest BCUT2D eigenvalue weighted by atomic mass is 10.3. The van der Waals surface area contributed by atoms with Crippen molar-refractivity contribution in [3.8, 4) is 23.0 Å². The minimum absolute atomic E-state index is 0.0118. The van der Waals surface area contributed by atoms with Crippen LogP contribution in [-0.4, -0.2) is 40.3 Å². The molecular formula is C27H24O8S2. The number of phenolic OH excluding ortho intramolecular Hbond substituents is 2. The summed E-state index contributed by atoms with van der Waals surface area (Å²) in [4.78, 5) is 0.402. The van der Waals surface area contributed by atoms with Gasteiger partial charge in [0.2, 0.25) is 19.7 Å². The standard InChI is InChI=1S/C27H24O8S2/c28-20-2-10-24(11-3-20)36(30,31)26-14-6-22(7-15-26)34-18-1-19-35-23-8-16-27(17-9-23)37(32,33)25-12-4-21(29)5-13-25/h2-17,28-29H,1,18-19H2. The first-order valence-corrected chi connectivity index (χ1v) is 14.2. The second kappa shape index (κ2) is 10.9. The number of hydrogen-bond donors (Lipinski definition) is 2. The summed E-state index contributed by atoms with van der Waals surface area (Å²) in [6, 6.07) is 22.8. The van der Waals surface area contributed by atoms with Crippen LogP contribution in [0.1, 0.15) is 6.42 Å². The fraction of sp³-hybridized carbons (Fsp3) is 0.111. The first-order chi connectivity index (χ1) is 17.7. The largest absolute Gasteiger partial charge is 0.508 e. The zero-order valence-electron chi connectivity index (χ0n) is 19.5. The second-order valence-electron chi connectivity index (χ2n) is 7.99. The van der Waals surface area contributed by atoms with E-state index < -0.39 is 19.7 Å². The van der Waals surface area contributed by atoms with Crippen LogP contribution in [0.5, 0.6) is 23.0 Å². The summed E-state index contributed by atoms with van der Waals surface area (Å²) in [6.07, 6.45) is 0.543. The van der Waals surface area contributed by atoms with Crippen LogP contribution < -0.4 is 9.47 Å². The molecule has 8 nitrogen and oxygen atoms in total. The lowest BCUT2D eigenvalue weighted by Crippen LogP contribution is -2.06. The molecule has 0 saturated carbocycles. The number of benzene rings is 4. The van der Waals surface area contributed by atoms with E-state index in [1.54, 1.807) is 24.3 Å². The van der Waals surface area contributed by atoms with Gasteiger partial charge in [-0.05, 0) is 97.1 Å². The highest BCUT2D eigenvalue weighted by Gasteiger charge is 2.18. The maximum atomic E-state index is 12.7. The molecule has 10 heteroatoms. The van der Waals surface area contributed by atoms with E-state index in [-0.39, 0.29) is 31.1 Å². The van der Waals surface area contributed by atoms with Gasteiger partial charge in [-0.3, -0.25) is 0 Å². The van der Waals surface area contributed by atoms with Gasteiger partial charge in [-0.15, -0.1) is 0 Å². The smallest absolute Gasteiger partial charge is 0.206 e. The zero-order chi connectivity index (χ0) is 26.5. The Hall–Kier alpha value is -4.02. The van der Waals surface area contributed by atoms with Gasteiger partial charge in [-0.1, -0.05) is 0 Å². The third kappa shape index (κ3) is 6.22. The van der Waals surface area contributed by atoms with Crippen LogP contribution in [0, 0.1) is 0 Å². The summed E-state index contributed by atoms with van der Waals surface area (Å²) in [7, 11) is -7.39. The van der Waals surface area contributed by atoms with E-state index in [0.717, 1.165) is 0 Å². The van der Waals surface area contributed by atoms with E-state index in [0.29, 0.717) is 31.1 Å². The Labute approximate surface area is 215 Å². The van der Waals surface area contributed by atoms with Crippen LogP contribution in [-0.2, 0) is 19.7 Å². The molecule has 0 radical (unpaired) electrons. The Morgan fingerprint density at radius 3 is 1.03 bits per heavy atom. The van der Waals surface area contributed by atoms with Gasteiger partial charge in [0.05, 0.1) is 32.8 Å². The molecule has 192 valence electrons. The Morgan fingerprint density at radius 1 is 0.459 bits per heavy atom. The SMILES string of the molecule is O=S(=O)(c1ccc(O)cc1)c1ccc(OCCCOc2ccc(S(=O)(=O)c3ccc(O)cc3)cc2)cc1. The summed E-state index contributed by atoms with van der Waals surface area (Å²) >= 11 is 0. The van der Waals surface area contributed by atoms with Crippen molar-refractivity contribution in [3.05, 3.63) is 97.1 Å². The van der Waals surface area contributed by atoms with Crippen molar-refractivity contribution in [2.45, 2.75) is 26.0 Å². The third-order valence-corrected chi connectivity index (χ3v) is 8.96. The molecule has 0 amide bonds. The maximum Gasteiger partial charge on any atom is 0.206 e.